The van der Waals surface area contributed by atoms with Crippen LogP contribution >= 0.6 is 15.9 Å². The molecular formula is C20H21BrN2O2. The highest BCUT2D eigenvalue weighted by Gasteiger charge is 2.15. The van der Waals surface area contributed by atoms with Crippen LogP contribution in [0.1, 0.15) is 24.3 Å². The van der Waals surface area contributed by atoms with Gasteiger partial charge in [-0.05, 0) is 43.8 Å². The molecule has 0 saturated carbocycles. The molecule has 0 radical (unpaired) electrons. The fourth-order valence-corrected chi connectivity index (χ4v) is 3.04. The van der Waals surface area contributed by atoms with Crippen LogP contribution in [0.2, 0.25) is 0 Å². The molecule has 1 atom stereocenters. The van der Waals surface area contributed by atoms with Gasteiger partial charge in [0, 0.05) is 16.4 Å². The molecule has 1 heterocycles. The highest BCUT2D eigenvalue weighted by molar-refractivity contribution is 9.10. The maximum atomic E-state index is 12.3. The molecule has 5 heteroatoms. The Labute approximate surface area is 155 Å². The Bertz CT molecular complexity index is 825. The number of hydrogen-bond acceptors (Lipinski definition) is 3. The average Bonchev–Trinajstić information content (AvgIpc) is 3.01. The van der Waals surface area contributed by atoms with E-state index in [1.54, 1.807) is 0 Å². The molecule has 0 aliphatic heterocycles. The lowest BCUT2D eigenvalue weighted by molar-refractivity contribution is -0.122. The third kappa shape index (κ3) is 4.71. The van der Waals surface area contributed by atoms with Crippen molar-refractivity contribution < 1.29 is 9.21 Å². The van der Waals surface area contributed by atoms with Crippen molar-refractivity contribution in [1.82, 2.24) is 10.2 Å². The van der Waals surface area contributed by atoms with Gasteiger partial charge in [0.05, 0.1) is 12.6 Å². The lowest BCUT2D eigenvalue weighted by Crippen LogP contribution is -2.36. The molecule has 0 saturated heterocycles. The van der Waals surface area contributed by atoms with Gasteiger partial charge in [0.15, 0.2) is 0 Å². The van der Waals surface area contributed by atoms with Gasteiger partial charge in [0.1, 0.15) is 11.3 Å². The Balaban J connectivity index is 1.55. The van der Waals surface area contributed by atoms with Crippen LogP contribution in [-0.2, 0) is 11.3 Å². The number of furan rings is 1. The smallest absolute Gasteiger partial charge is 0.234 e. The van der Waals surface area contributed by atoms with Crippen molar-refractivity contribution in [1.29, 1.82) is 0 Å². The number of amides is 1. The Morgan fingerprint density at radius 1 is 1.20 bits per heavy atom. The molecule has 1 N–H and O–H groups in total. The van der Waals surface area contributed by atoms with Gasteiger partial charge < -0.3 is 9.73 Å². The summed E-state index contributed by atoms with van der Waals surface area (Å²) in [6.45, 7) is 2.99. The highest BCUT2D eigenvalue weighted by atomic mass is 79.9. The number of nitrogens with one attached hydrogen (secondary N) is 1. The zero-order valence-electron chi connectivity index (χ0n) is 14.3. The van der Waals surface area contributed by atoms with Crippen LogP contribution in [0.15, 0.2) is 63.5 Å². The molecule has 3 aromatic rings. The fraction of sp³-hybridized carbons (Fsp3) is 0.250. The zero-order valence-corrected chi connectivity index (χ0v) is 15.9. The molecular weight excluding hydrogens is 380 g/mol. The summed E-state index contributed by atoms with van der Waals surface area (Å²) in [5.74, 6) is 0.748. The fourth-order valence-electron chi connectivity index (χ4n) is 2.78. The minimum atomic E-state index is -0.166. The van der Waals surface area contributed by atoms with Gasteiger partial charge in [-0.15, -0.1) is 0 Å². The van der Waals surface area contributed by atoms with E-state index in [1.807, 2.05) is 61.3 Å². The molecule has 0 spiro atoms. The quantitative estimate of drug-likeness (QED) is 0.662. The minimum Gasteiger partial charge on any atom is -0.459 e. The SMILES string of the molecule is C[C@H](NC(=O)CN(C)Cc1ccc(Br)cc1)c1cc2ccccc2o1. The number of carbonyl (C=O) groups is 1. The number of hydrogen-bond donors (Lipinski definition) is 1. The molecule has 25 heavy (non-hydrogen) atoms. The number of para-hydroxylation sites is 1. The standard InChI is InChI=1S/C20H21BrN2O2/c1-14(19-11-16-5-3-4-6-18(16)25-19)22-20(24)13-23(2)12-15-7-9-17(21)10-8-15/h3-11,14H,12-13H2,1-2H3,(H,22,24)/t14-/m0/s1. The molecule has 0 aliphatic rings. The second-order valence-corrected chi connectivity index (χ2v) is 7.19. The lowest BCUT2D eigenvalue weighted by Gasteiger charge is -2.18. The van der Waals surface area contributed by atoms with Gasteiger partial charge in [0.2, 0.25) is 5.91 Å². The zero-order chi connectivity index (χ0) is 17.8. The molecule has 0 aliphatic carbocycles. The van der Waals surface area contributed by atoms with E-state index in [4.69, 9.17) is 4.42 Å². The first kappa shape index (κ1) is 17.7. The van der Waals surface area contributed by atoms with Crippen LogP contribution in [0.4, 0.5) is 0 Å². The van der Waals surface area contributed by atoms with Gasteiger partial charge >= 0.3 is 0 Å². The number of halogens is 1. The topological polar surface area (TPSA) is 45.5 Å². The third-order valence-electron chi connectivity index (χ3n) is 4.03. The van der Waals surface area contributed by atoms with E-state index in [1.165, 1.54) is 5.56 Å². The Morgan fingerprint density at radius 2 is 1.92 bits per heavy atom. The van der Waals surface area contributed by atoms with Crippen molar-refractivity contribution in [3.05, 3.63) is 70.4 Å². The second kappa shape index (κ2) is 7.85. The van der Waals surface area contributed by atoms with Crippen molar-refractivity contribution in [2.24, 2.45) is 0 Å². The van der Waals surface area contributed by atoms with Gasteiger partial charge in [-0.2, -0.15) is 0 Å². The first-order chi connectivity index (χ1) is 12.0. The maximum Gasteiger partial charge on any atom is 0.234 e. The first-order valence-corrected chi connectivity index (χ1v) is 9.01. The summed E-state index contributed by atoms with van der Waals surface area (Å²) in [6, 6.07) is 17.8. The van der Waals surface area contributed by atoms with E-state index in [-0.39, 0.29) is 11.9 Å². The molecule has 1 aromatic heterocycles. The summed E-state index contributed by atoms with van der Waals surface area (Å²) in [7, 11) is 1.94. The number of carbonyl (C=O) groups excluding carboxylic acids is 1. The molecule has 2 aromatic carbocycles. The van der Waals surface area contributed by atoms with Crippen LogP contribution in [-0.4, -0.2) is 24.4 Å². The monoisotopic (exact) mass is 400 g/mol. The maximum absolute atomic E-state index is 12.3. The first-order valence-electron chi connectivity index (χ1n) is 8.22. The molecule has 130 valence electrons. The minimum absolute atomic E-state index is 0.0208. The van der Waals surface area contributed by atoms with E-state index < -0.39 is 0 Å². The number of fused-ring (bicyclic) bond motifs is 1. The van der Waals surface area contributed by atoms with Crippen LogP contribution < -0.4 is 5.32 Å². The predicted octanol–water partition coefficient (Wildman–Crippen LogP) is 4.50. The lowest BCUT2D eigenvalue weighted by atomic mass is 10.2. The Morgan fingerprint density at radius 3 is 2.64 bits per heavy atom. The number of benzene rings is 2. The second-order valence-electron chi connectivity index (χ2n) is 6.27. The van der Waals surface area contributed by atoms with Gasteiger partial charge in [-0.3, -0.25) is 9.69 Å². The molecule has 0 fully saturated rings. The molecule has 1 amide bonds. The van der Waals surface area contributed by atoms with E-state index in [2.05, 4.69) is 33.4 Å². The summed E-state index contributed by atoms with van der Waals surface area (Å²) in [5.41, 5.74) is 2.01. The molecule has 0 bridgehead atoms. The van der Waals surface area contributed by atoms with Crippen molar-refractivity contribution in [3.63, 3.8) is 0 Å². The molecule has 4 nitrogen and oxygen atoms in total. The number of likely N-dealkylation sites (N-methyl/N-ethyl adjacent to an activating group) is 1. The van der Waals surface area contributed by atoms with Gasteiger partial charge in [-0.25, -0.2) is 0 Å². The average molecular weight is 401 g/mol. The van der Waals surface area contributed by atoms with Crippen molar-refractivity contribution in [2.75, 3.05) is 13.6 Å². The number of nitrogens with zero attached hydrogens (tertiary/aromatic N) is 1. The normalized spacial score (nSPS) is 12.5. The van der Waals surface area contributed by atoms with Crippen LogP contribution in [0.3, 0.4) is 0 Å². The summed E-state index contributed by atoms with van der Waals surface area (Å²) in [6.07, 6.45) is 0. The van der Waals surface area contributed by atoms with E-state index in [9.17, 15) is 4.79 Å². The highest BCUT2D eigenvalue weighted by Crippen LogP contribution is 2.23. The third-order valence-corrected chi connectivity index (χ3v) is 4.56. The van der Waals surface area contributed by atoms with Crippen LogP contribution in [0.25, 0.3) is 11.0 Å². The van der Waals surface area contributed by atoms with Crippen molar-refractivity contribution in [3.8, 4) is 0 Å². The van der Waals surface area contributed by atoms with E-state index in [0.717, 1.165) is 27.7 Å². The van der Waals surface area contributed by atoms with Crippen molar-refractivity contribution >= 4 is 32.8 Å². The van der Waals surface area contributed by atoms with Gasteiger partial charge in [-0.1, -0.05) is 46.3 Å². The summed E-state index contributed by atoms with van der Waals surface area (Å²) in [5, 5.41) is 4.05. The Kier molecular flexibility index (Phi) is 5.56. The summed E-state index contributed by atoms with van der Waals surface area (Å²) in [4.78, 5) is 14.3. The van der Waals surface area contributed by atoms with E-state index >= 15 is 0 Å². The summed E-state index contributed by atoms with van der Waals surface area (Å²) < 4.78 is 6.86. The largest absolute Gasteiger partial charge is 0.459 e. The molecule has 3 rings (SSSR count). The van der Waals surface area contributed by atoms with Crippen LogP contribution in [0, 0.1) is 0 Å². The van der Waals surface area contributed by atoms with Crippen molar-refractivity contribution in [2.45, 2.75) is 19.5 Å². The summed E-state index contributed by atoms with van der Waals surface area (Å²) >= 11 is 3.43. The number of rotatable bonds is 6. The predicted molar refractivity (Wildman–Crippen MR) is 103 cm³/mol. The van der Waals surface area contributed by atoms with Gasteiger partial charge in [0.25, 0.3) is 0 Å². The van der Waals surface area contributed by atoms with E-state index in [0.29, 0.717) is 6.54 Å². The molecule has 0 unspecified atom stereocenters. The Hall–Kier alpha value is -2.11. The van der Waals surface area contributed by atoms with Crippen LogP contribution in [0.5, 0.6) is 0 Å².